The summed E-state index contributed by atoms with van der Waals surface area (Å²) in [6.45, 7) is 1.64. The van der Waals surface area contributed by atoms with E-state index in [1.165, 1.54) is 17.5 Å². The number of ether oxygens (including phenoxy) is 1. The van der Waals surface area contributed by atoms with Gasteiger partial charge in [-0.3, -0.25) is 5.32 Å². The van der Waals surface area contributed by atoms with Crippen molar-refractivity contribution >= 4 is 0 Å². The molecule has 0 bridgehead atoms. The van der Waals surface area contributed by atoms with E-state index in [2.05, 4.69) is 29.6 Å². The van der Waals surface area contributed by atoms with Crippen LogP contribution < -0.4 is 5.32 Å². The summed E-state index contributed by atoms with van der Waals surface area (Å²) < 4.78 is 5.68. The van der Waals surface area contributed by atoms with Crippen molar-refractivity contribution in [3.63, 3.8) is 0 Å². The molecule has 1 aromatic carbocycles. The maximum absolute atomic E-state index is 9.83. The number of hydrogen-bond donors (Lipinski definition) is 1. The molecule has 0 radical (unpaired) electrons. The quantitative estimate of drug-likeness (QED) is 0.859. The van der Waals surface area contributed by atoms with Gasteiger partial charge in [0.15, 0.2) is 0 Å². The van der Waals surface area contributed by atoms with Gasteiger partial charge in [0.2, 0.25) is 0 Å². The van der Waals surface area contributed by atoms with E-state index in [1.807, 2.05) is 6.07 Å². The lowest BCUT2D eigenvalue weighted by molar-refractivity contribution is 0.103. The zero-order valence-corrected chi connectivity index (χ0v) is 11.9. The Balaban J connectivity index is 1.84. The van der Waals surface area contributed by atoms with Gasteiger partial charge in [-0.2, -0.15) is 5.26 Å². The minimum atomic E-state index is -0.529. The average Bonchev–Trinajstić information content (AvgIpc) is 2.94. The predicted octanol–water partition coefficient (Wildman–Crippen LogP) is 2.90. The van der Waals surface area contributed by atoms with E-state index in [1.54, 1.807) is 0 Å². The molecule has 1 aromatic rings. The van der Waals surface area contributed by atoms with E-state index in [0.29, 0.717) is 0 Å². The van der Waals surface area contributed by atoms with Gasteiger partial charge in [0.1, 0.15) is 5.54 Å². The van der Waals surface area contributed by atoms with Gasteiger partial charge in [-0.1, -0.05) is 24.3 Å². The SMILES string of the molecule is N#CC1(NCC2CCCO2)CCCCc2ccccc21. The third-order valence-corrected chi connectivity index (χ3v) is 4.57. The van der Waals surface area contributed by atoms with Crippen molar-refractivity contribution in [3.8, 4) is 6.07 Å². The standard InChI is InChI=1S/C17H22N2O/c18-13-17(19-12-15-8-5-11-20-15)10-4-3-7-14-6-1-2-9-16(14)17/h1-2,6,9,15,19H,3-5,7-8,10-12H2. The molecule has 1 saturated heterocycles. The summed E-state index contributed by atoms with van der Waals surface area (Å²) >= 11 is 0. The molecular formula is C17H22N2O. The molecule has 1 N–H and O–H groups in total. The molecule has 106 valence electrons. The van der Waals surface area contributed by atoms with Gasteiger partial charge in [-0.05, 0) is 49.7 Å². The molecule has 1 fully saturated rings. The second-order valence-electron chi connectivity index (χ2n) is 5.90. The number of nitrogens with zero attached hydrogens (tertiary/aromatic N) is 1. The first kappa shape index (κ1) is 13.6. The van der Waals surface area contributed by atoms with Gasteiger partial charge >= 0.3 is 0 Å². The highest BCUT2D eigenvalue weighted by atomic mass is 16.5. The summed E-state index contributed by atoms with van der Waals surface area (Å²) in [5, 5.41) is 13.4. The molecule has 2 unspecified atom stereocenters. The Morgan fingerprint density at radius 2 is 2.20 bits per heavy atom. The number of hydrogen-bond acceptors (Lipinski definition) is 3. The molecule has 0 amide bonds. The normalized spacial score (nSPS) is 29.4. The van der Waals surface area contributed by atoms with E-state index in [9.17, 15) is 5.26 Å². The molecule has 0 spiro atoms. The summed E-state index contributed by atoms with van der Waals surface area (Å²) in [5.74, 6) is 0. The summed E-state index contributed by atoms with van der Waals surface area (Å²) in [5.41, 5.74) is 1.98. The van der Waals surface area contributed by atoms with Crippen LogP contribution >= 0.6 is 0 Å². The van der Waals surface area contributed by atoms with E-state index in [0.717, 1.165) is 45.3 Å². The van der Waals surface area contributed by atoms with Crippen molar-refractivity contribution in [2.45, 2.75) is 50.2 Å². The lowest BCUT2D eigenvalue weighted by Crippen LogP contribution is -2.44. The molecule has 0 aromatic heterocycles. The molecule has 3 rings (SSSR count). The van der Waals surface area contributed by atoms with Crippen molar-refractivity contribution in [2.75, 3.05) is 13.2 Å². The van der Waals surface area contributed by atoms with Gasteiger partial charge < -0.3 is 4.74 Å². The van der Waals surface area contributed by atoms with Gasteiger partial charge in [0.05, 0.1) is 12.2 Å². The Hall–Kier alpha value is -1.37. The average molecular weight is 270 g/mol. The number of rotatable bonds is 3. The number of fused-ring (bicyclic) bond motifs is 1. The zero-order valence-electron chi connectivity index (χ0n) is 11.9. The first-order chi connectivity index (χ1) is 9.84. The second-order valence-corrected chi connectivity index (χ2v) is 5.90. The third-order valence-electron chi connectivity index (χ3n) is 4.57. The van der Waals surface area contributed by atoms with Crippen LogP contribution in [-0.4, -0.2) is 19.3 Å². The molecule has 20 heavy (non-hydrogen) atoms. The van der Waals surface area contributed by atoms with Crippen molar-refractivity contribution in [2.24, 2.45) is 0 Å². The Morgan fingerprint density at radius 3 is 3.00 bits per heavy atom. The van der Waals surface area contributed by atoms with Crippen LogP contribution in [0.25, 0.3) is 0 Å². The molecule has 1 aliphatic heterocycles. The number of aryl methyl sites for hydroxylation is 1. The van der Waals surface area contributed by atoms with E-state index in [-0.39, 0.29) is 6.10 Å². The summed E-state index contributed by atoms with van der Waals surface area (Å²) in [4.78, 5) is 0. The molecule has 3 nitrogen and oxygen atoms in total. The Bertz CT molecular complexity index is 502. The van der Waals surface area contributed by atoms with Gasteiger partial charge in [-0.15, -0.1) is 0 Å². The smallest absolute Gasteiger partial charge is 0.132 e. The first-order valence-corrected chi connectivity index (χ1v) is 7.70. The van der Waals surface area contributed by atoms with Crippen LogP contribution in [0.1, 0.15) is 43.2 Å². The number of nitrogens with one attached hydrogen (secondary N) is 1. The predicted molar refractivity (Wildman–Crippen MR) is 78.3 cm³/mol. The second kappa shape index (κ2) is 5.95. The van der Waals surface area contributed by atoms with E-state index >= 15 is 0 Å². The minimum absolute atomic E-state index is 0.274. The molecule has 3 heteroatoms. The highest BCUT2D eigenvalue weighted by Gasteiger charge is 2.35. The summed E-state index contributed by atoms with van der Waals surface area (Å²) in [6, 6.07) is 11.0. The van der Waals surface area contributed by atoms with Crippen molar-refractivity contribution in [1.82, 2.24) is 5.32 Å². The van der Waals surface area contributed by atoms with Crippen molar-refractivity contribution < 1.29 is 4.74 Å². The van der Waals surface area contributed by atoms with Gasteiger partial charge in [0.25, 0.3) is 0 Å². The molecule has 2 atom stereocenters. The maximum Gasteiger partial charge on any atom is 0.132 e. The lowest BCUT2D eigenvalue weighted by Gasteiger charge is -2.30. The fraction of sp³-hybridized carbons (Fsp3) is 0.588. The lowest BCUT2D eigenvalue weighted by atomic mass is 9.85. The minimum Gasteiger partial charge on any atom is -0.377 e. The van der Waals surface area contributed by atoms with Crippen LogP contribution in [0.5, 0.6) is 0 Å². The van der Waals surface area contributed by atoms with Crippen molar-refractivity contribution in [1.29, 1.82) is 5.26 Å². The topological polar surface area (TPSA) is 45.0 Å². The largest absolute Gasteiger partial charge is 0.377 e. The highest BCUT2D eigenvalue weighted by molar-refractivity contribution is 5.39. The number of nitriles is 1. The third kappa shape index (κ3) is 2.59. The van der Waals surface area contributed by atoms with Crippen LogP contribution in [0.15, 0.2) is 24.3 Å². The Kier molecular flexibility index (Phi) is 4.05. The monoisotopic (exact) mass is 270 g/mol. The Morgan fingerprint density at radius 1 is 1.30 bits per heavy atom. The highest BCUT2D eigenvalue weighted by Crippen LogP contribution is 2.34. The van der Waals surface area contributed by atoms with Gasteiger partial charge in [0, 0.05) is 13.2 Å². The van der Waals surface area contributed by atoms with E-state index in [4.69, 9.17) is 4.74 Å². The summed E-state index contributed by atoms with van der Waals surface area (Å²) in [7, 11) is 0. The molecular weight excluding hydrogens is 248 g/mol. The fourth-order valence-corrected chi connectivity index (χ4v) is 3.43. The van der Waals surface area contributed by atoms with Crippen LogP contribution in [0.2, 0.25) is 0 Å². The van der Waals surface area contributed by atoms with Crippen LogP contribution in [0.3, 0.4) is 0 Å². The Labute approximate surface area is 120 Å². The molecule has 1 aliphatic carbocycles. The molecule has 2 aliphatic rings. The van der Waals surface area contributed by atoms with Crippen LogP contribution in [0, 0.1) is 11.3 Å². The first-order valence-electron chi connectivity index (χ1n) is 7.70. The molecule has 0 saturated carbocycles. The van der Waals surface area contributed by atoms with Crippen molar-refractivity contribution in [3.05, 3.63) is 35.4 Å². The van der Waals surface area contributed by atoms with Crippen LogP contribution in [0.4, 0.5) is 0 Å². The number of benzene rings is 1. The van der Waals surface area contributed by atoms with Gasteiger partial charge in [-0.25, -0.2) is 0 Å². The summed E-state index contributed by atoms with van der Waals surface area (Å²) in [6.07, 6.45) is 6.77. The van der Waals surface area contributed by atoms with E-state index < -0.39 is 5.54 Å². The van der Waals surface area contributed by atoms with Crippen LogP contribution in [-0.2, 0) is 16.7 Å². The zero-order chi connectivity index (χ0) is 13.8. The molecule has 1 heterocycles. The maximum atomic E-state index is 9.83. The fourth-order valence-electron chi connectivity index (χ4n) is 3.43.